The minimum absolute atomic E-state index is 0.0664. The van der Waals surface area contributed by atoms with E-state index in [9.17, 15) is 9.59 Å². The van der Waals surface area contributed by atoms with E-state index in [2.05, 4.69) is 6.08 Å². The molecule has 28 heavy (non-hydrogen) atoms. The summed E-state index contributed by atoms with van der Waals surface area (Å²) in [5, 5.41) is 0. The fourth-order valence-corrected chi connectivity index (χ4v) is 3.42. The van der Waals surface area contributed by atoms with Crippen LogP contribution in [0.4, 0.5) is 0 Å². The summed E-state index contributed by atoms with van der Waals surface area (Å²) in [5.41, 5.74) is 2.02. The van der Waals surface area contributed by atoms with Crippen molar-refractivity contribution in [3.63, 3.8) is 0 Å². The molecular formula is C23H33NO4. The summed E-state index contributed by atoms with van der Waals surface area (Å²) in [6.45, 7) is 6.69. The minimum atomic E-state index is -0.363. The number of carbonyl (C=O) groups excluding carboxylic acids is 2. The predicted octanol–water partition coefficient (Wildman–Crippen LogP) is 4.62. The molecule has 5 nitrogen and oxygen atoms in total. The van der Waals surface area contributed by atoms with Gasteiger partial charge in [0.05, 0.1) is 19.1 Å². The van der Waals surface area contributed by atoms with Crippen molar-refractivity contribution in [1.82, 2.24) is 4.90 Å². The van der Waals surface area contributed by atoms with Crippen LogP contribution in [0.2, 0.25) is 0 Å². The van der Waals surface area contributed by atoms with E-state index in [1.165, 1.54) is 25.5 Å². The third kappa shape index (κ3) is 6.70. The van der Waals surface area contributed by atoms with Crippen molar-refractivity contribution < 1.29 is 19.1 Å². The molecule has 0 bridgehead atoms. The maximum Gasteiger partial charge on any atom is 0.310 e. The van der Waals surface area contributed by atoms with Crippen LogP contribution in [0.25, 0.3) is 0 Å². The predicted molar refractivity (Wildman–Crippen MR) is 110 cm³/mol. The molecule has 1 atom stereocenters. The quantitative estimate of drug-likeness (QED) is 0.458. The molecule has 154 valence electrons. The molecule has 0 heterocycles. The number of amides is 1. The highest BCUT2D eigenvalue weighted by Crippen LogP contribution is 2.22. The van der Waals surface area contributed by atoms with E-state index < -0.39 is 0 Å². The second kappa shape index (κ2) is 10.9. The molecule has 0 aliphatic heterocycles. The van der Waals surface area contributed by atoms with Crippen molar-refractivity contribution in [1.29, 1.82) is 0 Å². The Balaban J connectivity index is 2.10. The summed E-state index contributed by atoms with van der Waals surface area (Å²) >= 11 is 0. The summed E-state index contributed by atoms with van der Waals surface area (Å²) in [6, 6.07) is 7.21. The number of hydrogen-bond donors (Lipinski definition) is 0. The third-order valence-electron chi connectivity index (χ3n) is 4.95. The zero-order valence-corrected chi connectivity index (χ0v) is 17.6. The average Bonchev–Trinajstić information content (AvgIpc) is 2.70. The molecule has 5 heteroatoms. The van der Waals surface area contributed by atoms with Crippen molar-refractivity contribution in [2.24, 2.45) is 5.92 Å². The molecule has 0 radical (unpaired) electrons. The van der Waals surface area contributed by atoms with Crippen LogP contribution >= 0.6 is 0 Å². The smallest absolute Gasteiger partial charge is 0.310 e. The normalized spacial score (nSPS) is 15.0. The van der Waals surface area contributed by atoms with E-state index in [-0.39, 0.29) is 23.9 Å². The number of esters is 1. The molecule has 1 aromatic carbocycles. The van der Waals surface area contributed by atoms with Gasteiger partial charge >= 0.3 is 5.97 Å². The Labute approximate surface area is 168 Å². The zero-order valence-electron chi connectivity index (χ0n) is 17.6. The summed E-state index contributed by atoms with van der Waals surface area (Å²) in [7, 11) is 1.38. The number of nitrogens with zero attached hydrogens (tertiary/aromatic N) is 1. The average molecular weight is 388 g/mol. The molecule has 1 amide bonds. The monoisotopic (exact) mass is 387 g/mol. The molecule has 1 aliphatic rings. The Morgan fingerprint density at radius 3 is 2.39 bits per heavy atom. The molecule has 1 aliphatic carbocycles. The van der Waals surface area contributed by atoms with Crippen molar-refractivity contribution in [3.05, 3.63) is 41.5 Å². The van der Waals surface area contributed by atoms with Gasteiger partial charge in [-0.1, -0.05) is 18.6 Å². The lowest BCUT2D eigenvalue weighted by atomic mass is 9.97. The second-order valence-electron chi connectivity index (χ2n) is 7.72. The van der Waals surface area contributed by atoms with Gasteiger partial charge in [-0.05, 0) is 70.2 Å². The Morgan fingerprint density at radius 1 is 1.11 bits per heavy atom. The van der Waals surface area contributed by atoms with E-state index in [0.717, 1.165) is 25.0 Å². The number of benzene rings is 1. The third-order valence-corrected chi connectivity index (χ3v) is 4.95. The molecule has 0 aromatic heterocycles. The zero-order chi connectivity index (χ0) is 20.5. The minimum Gasteiger partial charge on any atom is -0.491 e. The van der Waals surface area contributed by atoms with Crippen LogP contribution in [0.15, 0.2) is 35.9 Å². The molecule has 1 aromatic rings. The molecule has 0 saturated heterocycles. The van der Waals surface area contributed by atoms with Crippen LogP contribution in [-0.2, 0) is 9.53 Å². The molecule has 2 rings (SSSR count). The number of methoxy groups -OCH3 is 1. The van der Waals surface area contributed by atoms with E-state index in [4.69, 9.17) is 9.47 Å². The highest BCUT2D eigenvalue weighted by molar-refractivity contribution is 5.94. The van der Waals surface area contributed by atoms with Gasteiger partial charge in [0, 0.05) is 18.7 Å². The van der Waals surface area contributed by atoms with Gasteiger partial charge in [0.15, 0.2) is 0 Å². The van der Waals surface area contributed by atoms with Gasteiger partial charge in [0.1, 0.15) is 5.75 Å². The number of rotatable bonds is 9. The van der Waals surface area contributed by atoms with E-state index in [1.54, 1.807) is 24.0 Å². The van der Waals surface area contributed by atoms with Crippen molar-refractivity contribution >= 4 is 11.9 Å². The van der Waals surface area contributed by atoms with Gasteiger partial charge in [-0.2, -0.15) is 0 Å². The largest absolute Gasteiger partial charge is 0.491 e. The van der Waals surface area contributed by atoms with Crippen LogP contribution in [-0.4, -0.2) is 43.1 Å². The van der Waals surface area contributed by atoms with Gasteiger partial charge in [-0.15, -0.1) is 0 Å². The summed E-state index contributed by atoms with van der Waals surface area (Å²) < 4.78 is 10.5. The number of carbonyl (C=O) groups is 2. The fourth-order valence-electron chi connectivity index (χ4n) is 3.42. The first kappa shape index (κ1) is 22.0. The fraction of sp³-hybridized carbons (Fsp3) is 0.565. The SMILES string of the molecule is COC(=O)C(C)CN(CCC1=CCCCC1)C(=O)c1ccc(OC(C)C)cc1. The Hall–Kier alpha value is -2.30. The second-order valence-corrected chi connectivity index (χ2v) is 7.72. The summed E-state index contributed by atoms with van der Waals surface area (Å²) in [6.07, 6.45) is 7.94. The van der Waals surface area contributed by atoms with Gasteiger partial charge in [0.25, 0.3) is 5.91 Å². The highest BCUT2D eigenvalue weighted by Gasteiger charge is 2.23. The summed E-state index contributed by atoms with van der Waals surface area (Å²) in [4.78, 5) is 26.8. The molecule has 0 fully saturated rings. The van der Waals surface area contributed by atoms with Crippen molar-refractivity contribution in [2.75, 3.05) is 20.2 Å². The topological polar surface area (TPSA) is 55.8 Å². The molecule has 1 unspecified atom stereocenters. The lowest BCUT2D eigenvalue weighted by Crippen LogP contribution is -2.38. The van der Waals surface area contributed by atoms with Gasteiger partial charge in [-0.25, -0.2) is 0 Å². The first-order chi connectivity index (χ1) is 13.4. The van der Waals surface area contributed by atoms with E-state index in [1.807, 2.05) is 26.0 Å². The number of allylic oxidation sites excluding steroid dienone is 1. The Morgan fingerprint density at radius 2 is 1.82 bits per heavy atom. The number of ether oxygens (including phenoxy) is 2. The Kier molecular flexibility index (Phi) is 8.55. The molecule has 0 spiro atoms. The van der Waals surface area contributed by atoms with Crippen LogP contribution in [0.3, 0.4) is 0 Å². The maximum absolute atomic E-state index is 13.1. The first-order valence-corrected chi connectivity index (χ1v) is 10.2. The molecular weight excluding hydrogens is 354 g/mol. The van der Waals surface area contributed by atoms with Crippen LogP contribution in [0.5, 0.6) is 5.75 Å². The van der Waals surface area contributed by atoms with Crippen molar-refractivity contribution in [2.45, 2.75) is 59.0 Å². The standard InChI is InChI=1S/C23H33NO4/c1-17(2)28-21-12-10-20(11-13-21)22(25)24(16-18(3)23(26)27-4)15-14-19-8-6-5-7-9-19/h8,10-13,17-18H,5-7,9,14-16H2,1-4H3. The van der Waals surface area contributed by atoms with E-state index >= 15 is 0 Å². The van der Waals surface area contributed by atoms with Gasteiger partial charge in [0.2, 0.25) is 0 Å². The van der Waals surface area contributed by atoms with Gasteiger partial charge in [-0.3, -0.25) is 9.59 Å². The van der Waals surface area contributed by atoms with E-state index in [0.29, 0.717) is 18.7 Å². The summed E-state index contributed by atoms with van der Waals surface area (Å²) in [5.74, 6) is 0.0184. The Bertz CT molecular complexity index is 678. The maximum atomic E-state index is 13.1. The highest BCUT2D eigenvalue weighted by atomic mass is 16.5. The van der Waals surface area contributed by atoms with Crippen LogP contribution in [0, 0.1) is 5.92 Å². The lowest BCUT2D eigenvalue weighted by Gasteiger charge is -2.26. The number of hydrogen-bond acceptors (Lipinski definition) is 4. The van der Waals surface area contributed by atoms with Gasteiger partial charge < -0.3 is 14.4 Å². The van der Waals surface area contributed by atoms with Crippen molar-refractivity contribution in [3.8, 4) is 5.75 Å². The molecule has 0 N–H and O–H groups in total. The lowest BCUT2D eigenvalue weighted by molar-refractivity contribution is -0.145. The first-order valence-electron chi connectivity index (χ1n) is 10.2. The van der Waals surface area contributed by atoms with Crippen LogP contribution < -0.4 is 4.74 Å². The molecule has 0 saturated carbocycles. The van der Waals surface area contributed by atoms with Crippen LogP contribution in [0.1, 0.15) is 63.2 Å².